The normalized spacial score (nSPS) is 31.0. The van der Waals surface area contributed by atoms with Gasteiger partial charge < -0.3 is 24.2 Å². The third kappa shape index (κ3) is 5.24. The van der Waals surface area contributed by atoms with Gasteiger partial charge in [-0.15, -0.1) is 6.58 Å². The van der Waals surface area contributed by atoms with Crippen LogP contribution >= 0.6 is 0 Å². The van der Waals surface area contributed by atoms with E-state index in [-0.39, 0.29) is 19.3 Å². The van der Waals surface area contributed by atoms with E-state index >= 15 is 0 Å². The van der Waals surface area contributed by atoms with Crippen molar-refractivity contribution in [2.24, 2.45) is 5.92 Å². The van der Waals surface area contributed by atoms with Crippen molar-refractivity contribution in [3.8, 4) is 0 Å². The lowest BCUT2D eigenvalue weighted by molar-refractivity contribution is -0.265. The molecule has 0 radical (unpaired) electrons. The van der Waals surface area contributed by atoms with Crippen molar-refractivity contribution in [2.45, 2.75) is 76.4 Å². The number of esters is 1. The van der Waals surface area contributed by atoms with E-state index in [0.717, 1.165) is 6.42 Å². The molecule has 0 spiro atoms. The fraction of sp³-hybridized carbons (Fsp3) is 0.762. The number of carbonyl (C=O) groups is 3. The summed E-state index contributed by atoms with van der Waals surface area (Å²) in [6.07, 6.45) is 4.36. The summed E-state index contributed by atoms with van der Waals surface area (Å²) in [5.41, 5.74) is 0. The summed E-state index contributed by atoms with van der Waals surface area (Å²) in [5, 5.41) is 11.1. The molecule has 2 fully saturated rings. The van der Waals surface area contributed by atoms with E-state index in [1.54, 1.807) is 27.0 Å². The maximum Gasteiger partial charge on any atom is 0.328 e. The minimum Gasteiger partial charge on any atom is -0.464 e. The van der Waals surface area contributed by atoms with Gasteiger partial charge in [-0.1, -0.05) is 13.0 Å². The average Bonchev–Trinajstić information content (AvgIpc) is 2.73. The number of hydrogen-bond acceptors (Lipinski definition) is 7. The molecule has 0 aromatic carbocycles. The predicted octanol–water partition coefficient (Wildman–Crippen LogP) is 1.59. The number of hydrogen-bond donors (Lipinski definition) is 1. The van der Waals surface area contributed by atoms with Crippen LogP contribution < -0.4 is 0 Å². The smallest absolute Gasteiger partial charge is 0.328 e. The van der Waals surface area contributed by atoms with E-state index < -0.39 is 41.5 Å². The Morgan fingerprint density at radius 2 is 2.03 bits per heavy atom. The summed E-state index contributed by atoms with van der Waals surface area (Å²) >= 11 is 0. The molecule has 2 rings (SSSR count). The van der Waals surface area contributed by atoms with Crippen molar-refractivity contribution in [1.82, 2.24) is 4.90 Å². The van der Waals surface area contributed by atoms with Gasteiger partial charge in [-0.2, -0.15) is 0 Å². The summed E-state index contributed by atoms with van der Waals surface area (Å²) < 4.78 is 16.1. The number of amides is 1. The molecule has 1 amide bonds. The number of nitrogens with zero attached hydrogens (tertiary/aromatic N) is 1. The van der Waals surface area contributed by atoms with Crippen LogP contribution in [0.1, 0.15) is 52.4 Å². The summed E-state index contributed by atoms with van der Waals surface area (Å²) in [5.74, 6) is -5.23. The molecule has 2 heterocycles. The Bertz CT molecular complexity index is 622. The van der Waals surface area contributed by atoms with Crippen LogP contribution in [0, 0.1) is 5.92 Å². The first-order valence-electron chi connectivity index (χ1n) is 10.4. The van der Waals surface area contributed by atoms with Crippen LogP contribution in [0.4, 0.5) is 0 Å². The van der Waals surface area contributed by atoms with Gasteiger partial charge in [-0.25, -0.2) is 4.79 Å². The number of rotatable bonds is 8. The number of aliphatic hydroxyl groups is 1. The summed E-state index contributed by atoms with van der Waals surface area (Å²) in [6, 6.07) is -0.808. The SMILES string of the molecule is C=C[C@H](C[C@@H]1CC[C@@H](C)[C@](O)(C(=O)C(=O)N2CCCC[C@H]2C(=O)OCC)O1)OC. The third-order valence-electron chi connectivity index (χ3n) is 5.84. The zero-order valence-corrected chi connectivity index (χ0v) is 17.6. The standard InChI is InChI=1S/C21H33NO7/c1-5-15(27-4)13-16-11-10-14(3)21(26,29-16)18(23)19(24)22-12-8-7-9-17(22)20(25)28-6-2/h5,14-17,26H,1,6-13H2,2-4H3/t14-,15-,16+,17+,21-/m1/s1. The first kappa shape index (κ1) is 23.5. The Hall–Kier alpha value is -1.77. The van der Waals surface area contributed by atoms with Gasteiger partial charge in [0, 0.05) is 26.0 Å². The quantitative estimate of drug-likeness (QED) is 0.368. The first-order valence-corrected chi connectivity index (χ1v) is 10.4. The Kier molecular flexibility index (Phi) is 8.36. The van der Waals surface area contributed by atoms with Crippen molar-refractivity contribution in [1.29, 1.82) is 0 Å². The molecule has 0 aromatic heterocycles. The highest BCUT2D eigenvalue weighted by atomic mass is 16.6. The van der Waals surface area contributed by atoms with Gasteiger partial charge in [0.1, 0.15) is 6.04 Å². The highest BCUT2D eigenvalue weighted by Gasteiger charge is 2.52. The molecule has 2 aliphatic rings. The molecule has 0 aromatic rings. The second-order valence-electron chi connectivity index (χ2n) is 7.75. The second-order valence-corrected chi connectivity index (χ2v) is 7.75. The topological polar surface area (TPSA) is 102 Å². The molecule has 5 atom stereocenters. The lowest BCUT2D eigenvalue weighted by atomic mass is 9.85. The lowest BCUT2D eigenvalue weighted by Crippen LogP contribution is -2.60. The van der Waals surface area contributed by atoms with Crippen LogP contribution in [0.3, 0.4) is 0 Å². The first-order chi connectivity index (χ1) is 13.8. The molecule has 1 N–H and O–H groups in total. The molecule has 0 aliphatic carbocycles. The minimum atomic E-state index is -2.23. The van der Waals surface area contributed by atoms with E-state index in [9.17, 15) is 19.5 Å². The lowest BCUT2D eigenvalue weighted by Gasteiger charge is -2.42. The average molecular weight is 411 g/mol. The maximum atomic E-state index is 13.1. The van der Waals surface area contributed by atoms with Crippen molar-refractivity contribution >= 4 is 17.7 Å². The number of methoxy groups -OCH3 is 1. The Morgan fingerprint density at radius 3 is 2.66 bits per heavy atom. The third-order valence-corrected chi connectivity index (χ3v) is 5.84. The molecule has 2 saturated heterocycles. The molecule has 29 heavy (non-hydrogen) atoms. The van der Waals surface area contributed by atoms with Gasteiger partial charge >= 0.3 is 5.97 Å². The maximum absolute atomic E-state index is 13.1. The molecule has 2 aliphatic heterocycles. The monoisotopic (exact) mass is 411 g/mol. The summed E-state index contributed by atoms with van der Waals surface area (Å²) in [7, 11) is 1.55. The molecular formula is C21H33NO7. The second kappa shape index (κ2) is 10.3. The number of ether oxygens (including phenoxy) is 3. The van der Waals surface area contributed by atoms with E-state index in [1.807, 2.05) is 0 Å². The highest BCUT2D eigenvalue weighted by molar-refractivity contribution is 6.39. The molecule has 0 unspecified atom stereocenters. The van der Waals surface area contributed by atoms with Crippen molar-refractivity contribution in [2.75, 3.05) is 20.3 Å². The molecule has 0 bridgehead atoms. The van der Waals surface area contributed by atoms with E-state index in [2.05, 4.69) is 6.58 Å². The van der Waals surface area contributed by atoms with Gasteiger partial charge in [0.2, 0.25) is 5.79 Å². The van der Waals surface area contributed by atoms with Crippen LogP contribution in [0.15, 0.2) is 12.7 Å². The molecular weight excluding hydrogens is 378 g/mol. The summed E-state index contributed by atoms with van der Waals surface area (Å²) in [6.45, 7) is 7.53. The highest BCUT2D eigenvalue weighted by Crippen LogP contribution is 2.35. The number of likely N-dealkylation sites (tertiary alicyclic amines) is 1. The fourth-order valence-corrected chi connectivity index (χ4v) is 3.99. The van der Waals surface area contributed by atoms with Gasteiger partial charge in [-0.3, -0.25) is 9.59 Å². The largest absolute Gasteiger partial charge is 0.464 e. The van der Waals surface area contributed by atoms with Gasteiger partial charge in [0.25, 0.3) is 11.7 Å². The molecule has 164 valence electrons. The van der Waals surface area contributed by atoms with E-state index in [4.69, 9.17) is 14.2 Å². The van der Waals surface area contributed by atoms with Gasteiger partial charge in [-0.05, 0) is 39.0 Å². The van der Waals surface area contributed by atoms with Crippen LogP contribution in [0.5, 0.6) is 0 Å². The number of ketones is 1. The molecule has 0 saturated carbocycles. The number of piperidine rings is 1. The van der Waals surface area contributed by atoms with Gasteiger partial charge in [0.15, 0.2) is 0 Å². The van der Waals surface area contributed by atoms with E-state index in [0.29, 0.717) is 32.1 Å². The predicted molar refractivity (Wildman–Crippen MR) is 105 cm³/mol. The molecule has 8 heteroatoms. The number of carbonyl (C=O) groups excluding carboxylic acids is 3. The zero-order valence-electron chi connectivity index (χ0n) is 17.6. The van der Waals surface area contributed by atoms with Gasteiger partial charge in [0.05, 0.1) is 18.8 Å². The van der Waals surface area contributed by atoms with Crippen molar-refractivity contribution in [3.63, 3.8) is 0 Å². The molecule has 8 nitrogen and oxygen atoms in total. The Labute approximate surface area is 172 Å². The Balaban J connectivity index is 2.17. The number of Topliss-reactive ketones (excluding diaryl/α,β-unsaturated/α-hetero) is 1. The zero-order chi connectivity index (χ0) is 21.6. The summed E-state index contributed by atoms with van der Waals surface area (Å²) in [4.78, 5) is 39.5. The van der Waals surface area contributed by atoms with E-state index in [1.165, 1.54) is 4.90 Å². The minimum absolute atomic E-state index is 0.195. The van der Waals surface area contributed by atoms with Crippen LogP contribution in [0.25, 0.3) is 0 Å². The van der Waals surface area contributed by atoms with Crippen molar-refractivity contribution in [3.05, 3.63) is 12.7 Å². The van der Waals surface area contributed by atoms with Crippen LogP contribution in [-0.4, -0.2) is 72.0 Å². The fourth-order valence-electron chi connectivity index (χ4n) is 3.99. The Morgan fingerprint density at radius 1 is 1.31 bits per heavy atom. The van der Waals surface area contributed by atoms with Crippen LogP contribution in [-0.2, 0) is 28.6 Å². The van der Waals surface area contributed by atoms with Crippen LogP contribution in [0.2, 0.25) is 0 Å². The van der Waals surface area contributed by atoms with Crippen molar-refractivity contribution < 1.29 is 33.7 Å².